The molecule has 2 heterocycles. The molecule has 28 heavy (non-hydrogen) atoms. The molecule has 1 unspecified atom stereocenters. The lowest BCUT2D eigenvalue weighted by Gasteiger charge is -2.24. The standard InChI is InChI=1S/C17H17Cl2N5O4/c1-3-7(2)9-6-12(21-23-15(9)25)28-14-10(18)4-8(5-11(14)19)13-16(26)20-17(27)24-22-13/h4-7,15,23,25H,3H2,1-2H3,(H2,20,24,26,27)/t7-,15?/m1/s1. The van der Waals surface area contributed by atoms with Crippen molar-refractivity contribution in [3.63, 3.8) is 0 Å². The van der Waals surface area contributed by atoms with Gasteiger partial charge in [0.05, 0.1) is 10.0 Å². The van der Waals surface area contributed by atoms with Crippen molar-refractivity contribution in [1.29, 1.82) is 0 Å². The normalized spacial score (nSPS) is 17.4. The SMILES string of the molecule is CC[C@@H](C)C1=CC(Oc2c(Cl)cc(-c3n[nH]c(=O)[nH]c3=O)cc2Cl)=NNC1O. The zero-order valence-electron chi connectivity index (χ0n) is 14.9. The Morgan fingerprint density at radius 2 is 1.96 bits per heavy atom. The predicted molar refractivity (Wildman–Crippen MR) is 106 cm³/mol. The molecule has 0 aliphatic carbocycles. The number of nitrogens with one attached hydrogen (secondary N) is 3. The summed E-state index contributed by atoms with van der Waals surface area (Å²) in [5, 5.41) is 20.1. The van der Waals surface area contributed by atoms with Crippen molar-refractivity contribution in [2.45, 2.75) is 26.5 Å². The van der Waals surface area contributed by atoms with E-state index in [1.807, 2.05) is 13.8 Å². The van der Waals surface area contributed by atoms with Crippen LogP contribution in [0.2, 0.25) is 10.0 Å². The maximum atomic E-state index is 11.9. The number of hydrazone groups is 1. The Bertz CT molecular complexity index is 1050. The molecule has 0 radical (unpaired) electrons. The Labute approximate surface area is 169 Å². The second-order valence-corrected chi connectivity index (χ2v) is 6.98. The largest absolute Gasteiger partial charge is 0.434 e. The monoisotopic (exact) mass is 425 g/mol. The molecule has 1 aromatic carbocycles. The van der Waals surface area contributed by atoms with Crippen molar-refractivity contribution in [1.82, 2.24) is 20.6 Å². The van der Waals surface area contributed by atoms with E-state index in [0.29, 0.717) is 5.56 Å². The van der Waals surface area contributed by atoms with Gasteiger partial charge < -0.3 is 9.84 Å². The smallest absolute Gasteiger partial charge is 0.342 e. The molecule has 0 fully saturated rings. The molecule has 0 spiro atoms. The lowest BCUT2D eigenvalue weighted by molar-refractivity contribution is 0.159. The molecule has 1 aromatic heterocycles. The predicted octanol–water partition coefficient (Wildman–Crippen LogP) is 2.02. The second kappa shape index (κ2) is 8.17. The van der Waals surface area contributed by atoms with Crippen LogP contribution in [0.4, 0.5) is 0 Å². The number of nitrogens with zero attached hydrogens (tertiary/aromatic N) is 2. The number of ether oxygens (including phenoxy) is 1. The van der Waals surface area contributed by atoms with E-state index in [1.54, 1.807) is 6.08 Å². The van der Waals surface area contributed by atoms with E-state index < -0.39 is 17.5 Å². The van der Waals surface area contributed by atoms with Gasteiger partial charge in [-0.3, -0.25) is 15.2 Å². The summed E-state index contributed by atoms with van der Waals surface area (Å²) in [6, 6.07) is 2.87. The van der Waals surface area contributed by atoms with Gasteiger partial charge in [-0.15, -0.1) is 5.10 Å². The highest BCUT2D eigenvalue weighted by Gasteiger charge is 2.23. The van der Waals surface area contributed by atoms with Crippen LogP contribution in [0.25, 0.3) is 11.3 Å². The maximum absolute atomic E-state index is 11.9. The van der Waals surface area contributed by atoms with Gasteiger partial charge in [-0.05, 0) is 30.0 Å². The number of hydrogen-bond acceptors (Lipinski definition) is 7. The zero-order chi connectivity index (χ0) is 20.4. The molecule has 0 saturated carbocycles. The highest BCUT2D eigenvalue weighted by atomic mass is 35.5. The summed E-state index contributed by atoms with van der Waals surface area (Å²) in [4.78, 5) is 25.1. The van der Waals surface area contributed by atoms with Crippen molar-refractivity contribution in [2.24, 2.45) is 11.0 Å². The van der Waals surface area contributed by atoms with E-state index in [1.165, 1.54) is 12.1 Å². The first-order valence-electron chi connectivity index (χ1n) is 8.39. The van der Waals surface area contributed by atoms with Crippen LogP contribution >= 0.6 is 23.2 Å². The Morgan fingerprint density at radius 3 is 2.57 bits per heavy atom. The van der Waals surface area contributed by atoms with Crippen LogP contribution in [0.3, 0.4) is 0 Å². The molecule has 3 rings (SSSR count). The van der Waals surface area contributed by atoms with E-state index in [0.717, 1.165) is 12.0 Å². The van der Waals surface area contributed by atoms with Crippen LogP contribution in [0.15, 0.2) is 38.5 Å². The van der Waals surface area contributed by atoms with Crippen molar-refractivity contribution in [2.75, 3.05) is 0 Å². The van der Waals surface area contributed by atoms with Crippen LogP contribution < -0.4 is 21.4 Å². The second-order valence-electron chi connectivity index (χ2n) is 6.16. The van der Waals surface area contributed by atoms with Gasteiger partial charge in [-0.2, -0.15) is 5.10 Å². The summed E-state index contributed by atoms with van der Waals surface area (Å²) in [5.74, 6) is 0.421. The first-order chi connectivity index (χ1) is 13.3. The topological polar surface area (TPSA) is 132 Å². The molecule has 11 heteroatoms. The summed E-state index contributed by atoms with van der Waals surface area (Å²) < 4.78 is 5.70. The molecule has 1 aliphatic heterocycles. The highest BCUT2D eigenvalue weighted by Crippen LogP contribution is 2.37. The number of hydrogen-bond donors (Lipinski definition) is 4. The van der Waals surface area contributed by atoms with Crippen LogP contribution in [-0.4, -0.2) is 32.4 Å². The van der Waals surface area contributed by atoms with E-state index >= 15 is 0 Å². The Kier molecular flexibility index (Phi) is 5.87. The van der Waals surface area contributed by atoms with Crippen molar-refractivity contribution in [3.05, 3.63) is 54.7 Å². The first kappa shape index (κ1) is 20.1. The van der Waals surface area contributed by atoms with Crippen LogP contribution in [0.1, 0.15) is 20.3 Å². The third-order valence-corrected chi connectivity index (χ3v) is 4.84. The van der Waals surface area contributed by atoms with Gasteiger partial charge in [0.2, 0.25) is 5.90 Å². The molecule has 2 aromatic rings. The Balaban J connectivity index is 1.93. The fourth-order valence-electron chi connectivity index (χ4n) is 2.59. The lowest BCUT2D eigenvalue weighted by atomic mass is 9.96. The summed E-state index contributed by atoms with van der Waals surface area (Å²) >= 11 is 12.6. The van der Waals surface area contributed by atoms with Gasteiger partial charge in [0.15, 0.2) is 17.7 Å². The van der Waals surface area contributed by atoms with Crippen LogP contribution in [0.5, 0.6) is 5.75 Å². The molecule has 0 saturated heterocycles. The number of halogens is 2. The van der Waals surface area contributed by atoms with Crippen LogP contribution in [-0.2, 0) is 0 Å². The van der Waals surface area contributed by atoms with Gasteiger partial charge in [-0.1, -0.05) is 37.0 Å². The summed E-state index contributed by atoms with van der Waals surface area (Å²) in [5.41, 5.74) is 2.15. The molecule has 148 valence electrons. The fourth-order valence-corrected chi connectivity index (χ4v) is 3.16. The molecule has 0 bridgehead atoms. The van der Waals surface area contributed by atoms with E-state index in [2.05, 4.69) is 25.7 Å². The number of rotatable bonds is 4. The number of aromatic amines is 2. The van der Waals surface area contributed by atoms with Gasteiger partial charge in [0, 0.05) is 11.6 Å². The van der Waals surface area contributed by atoms with Crippen molar-refractivity contribution >= 4 is 29.1 Å². The van der Waals surface area contributed by atoms with Gasteiger partial charge in [-0.25, -0.2) is 9.89 Å². The number of aromatic nitrogens is 3. The van der Waals surface area contributed by atoms with E-state index in [4.69, 9.17) is 27.9 Å². The number of H-pyrrole nitrogens is 2. The maximum Gasteiger partial charge on any atom is 0.342 e. The molecular formula is C17H17Cl2N5O4. The molecule has 1 aliphatic rings. The van der Waals surface area contributed by atoms with Crippen molar-refractivity contribution in [3.8, 4) is 17.0 Å². The number of aliphatic hydroxyl groups excluding tert-OH is 1. The average molecular weight is 426 g/mol. The van der Waals surface area contributed by atoms with Crippen LogP contribution in [0, 0.1) is 5.92 Å². The third kappa shape index (κ3) is 4.11. The summed E-state index contributed by atoms with van der Waals surface area (Å²) in [6.07, 6.45) is 1.56. The quantitative estimate of drug-likeness (QED) is 0.592. The number of aliphatic hydroxyl groups is 1. The van der Waals surface area contributed by atoms with Gasteiger partial charge in [0.25, 0.3) is 5.56 Å². The minimum absolute atomic E-state index is 0.0475. The average Bonchev–Trinajstić information content (AvgIpc) is 2.65. The third-order valence-electron chi connectivity index (χ3n) is 4.27. The van der Waals surface area contributed by atoms with Gasteiger partial charge in [0.1, 0.15) is 0 Å². The first-order valence-corrected chi connectivity index (χ1v) is 9.14. The molecule has 2 atom stereocenters. The lowest BCUT2D eigenvalue weighted by Crippen LogP contribution is -2.35. The summed E-state index contributed by atoms with van der Waals surface area (Å²) in [6.45, 7) is 3.98. The number of benzene rings is 1. The molecule has 9 nitrogen and oxygen atoms in total. The zero-order valence-corrected chi connectivity index (χ0v) is 16.4. The molecule has 4 N–H and O–H groups in total. The van der Waals surface area contributed by atoms with Crippen molar-refractivity contribution < 1.29 is 9.84 Å². The Hall–Kier alpha value is -2.62. The minimum atomic E-state index is -0.895. The van der Waals surface area contributed by atoms with Gasteiger partial charge >= 0.3 is 5.69 Å². The highest BCUT2D eigenvalue weighted by molar-refractivity contribution is 6.37. The minimum Gasteiger partial charge on any atom is -0.434 e. The fraction of sp³-hybridized carbons (Fsp3) is 0.294. The summed E-state index contributed by atoms with van der Waals surface area (Å²) in [7, 11) is 0. The van der Waals surface area contributed by atoms with E-state index in [-0.39, 0.29) is 33.3 Å². The Morgan fingerprint density at radius 1 is 1.29 bits per heavy atom. The molecular weight excluding hydrogens is 409 g/mol. The van der Waals surface area contributed by atoms with E-state index in [9.17, 15) is 14.7 Å². The molecule has 0 amide bonds.